The molecule has 2 aliphatic rings. The largest absolute Gasteiger partial charge is 0.366 e. The average molecular weight is 359 g/mol. The van der Waals surface area contributed by atoms with Crippen LogP contribution in [0.5, 0.6) is 0 Å². The number of alkyl halides is 2. The first-order valence-corrected chi connectivity index (χ1v) is 8.56. The maximum absolute atomic E-state index is 13.2. The number of ether oxygens (including phenoxy) is 1. The van der Waals surface area contributed by atoms with Crippen molar-refractivity contribution < 1.29 is 18.3 Å². The Morgan fingerprint density at radius 1 is 1.25 bits per heavy atom. The summed E-state index contributed by atoms with van der Waals surface area (Å²) in [5, 5.41) is 0.699. The fourth-order valence-electron chi connectivity index (χ4n) is 3.12. The molecule has 0 aliphatic carbocycles. The highest BCUT2D eigenvalue weighted by atomic mass is 35.5. The van der Waals surface area contributed by atoms with Gasteiger partial charge in [0.2, 0.25) is 0 Å². The van der Waals surface area contributed by atoms with Gasteiger partial charge in [0, 0.05) is 50.6 Å². The first kappa shape index (κ1) is 17.6. The summed E-state index contributed by atoms with van der Waals surface area (Å²) >= 11 is 6.19. The number of morpholine rings is 1. The number of nitrogens with zero attached hydrogens (tertiary/aromatic N) is 2. The number of halogens is 3. The maximum Gasteiger partial charge on any atom is 0.253 e. The highest BCUT2D eigenvalue weighted by Gasteiger charge is 2.38. The molecule has 0 N–H and O–H groups in total. The van der Waals surface area contributed by atoms with Crippen molar-refractivity contribution in [3.8, 4) is 0 Å². The molecule has 1 atom stereocenters. The first-order chi connectivity index (χ1) is 11.4. The Bertz CT molecular complexity index is 590. The van der Waals surface area contributed by atoms with Gasteiger partial charge in [0.25, 0.3) is 11.8 Å². The van der Waals surface area contributed by atoms with Crippen LogP contribution in [-0.4, -0.2) is 60.5 Å². The standard InChI is InChI=1S/C17H21ClF2N2O2/c18-14-4-2-1-3-13(14)11-21-9-10-24-15(12-21)16(23)22-7-5-17(19,20)6-8-22/h1-4,15H,5-12H2. The predicted molar refractivity (Wildman–Crippen MR) is 87.2 cm³/mol. The zero-order chi connectivity index (χ0) is 17.2. The second-order valence-electron chi connectivity index (χ2n) is 6.37. The molecule has 3 rings (SSSR count). The minimum Gasteiger partial charge on any atom is -0.366 e. The number of hydrogen-bond donors (Lipinski definition) is 0. The number of carbonyl (C=O) groups is 1. The van der Waals surface area contributed by atoms with Crippen molar-refractivity contribution in [2.75, 3.05) is 32.8 Å². The van der Waals surface area contributed by atoms with Crippen LogP contribution in [0, 0.1) is 0 Å². The van der Waals surface area contributed by atoms with E-state index in [9.17, 15) is 13.6 Å². The predicted octanol–water partition coefficient (Wildman–Crippen LogP) is 2.80. The molecule has 0 bridgehead atoms. The van der Waals surface area contributed by atoms with Gasteiger partial charge in [-0.05, 0) is 11.6 Å². The van der Waals surface area contributed by atoms with Crippen LogP contribution in [0.3, 0.4) is 0 Å². The van der Waals surface area contributed by atoms with Crippen molar-refractivity contribution in [2.45, 2.75) is 31.4 Å². The molecular weight excluding hydrogens is 338 g/mol. The SMILES string of the molecule is O=C(C1CN(Cc2ccccc2Cl)CCO1)N1CCC(F)(F)CC1. The normalized spacial score (nSPS) is 24.8. The average Bonchev–Trinajstić information content (AvgIpc) is 2.57. The Balaban J connectivity index is 1.57. The molecule has 1 amide bonds. The van der Waals surface area contributed by atoms with E-state index in [1.54, 1.807) is 0 Å². The highest BCUT2D eigenvalue weighted by molar-refractivity contribution is 6.31. The summed E-state index contributed by atoms with van der Waals surface area (Å²) in [5.74, 6) is -2.84. The molecule has 2 heterocycles. The fraction of sp³-hybridized carbons (Fsp3) is 0.588. The summed E-state index contributed by atoms with van der Waals surface area (Å²) in [7, 11) is 0. The van der Waals surface area contributed by atoms with Gasteiger partial charge in [-0.2, -0.15) is 0 Å². The molecule has 0 aromatic heterocycles. The summed E-state index contributed by atoms with van der Waals surface area (Å²) in [5.41, 5.74) is 1.00. The lowest BCUT2D eigenvalue weighted by Gasteiger charge is -2.37. The molecule has 4 nitrogen and oxygen atoms in total. The molecular formula is C17H21ClF2N2O2. The number of hydrogen-bond acceptors (Lipinski definition) is 3. The van der Waals surface area contributed by atoms with Crippen LogP contribution < -0.4 is 0 Å². The third kappa shape index (κ3) is 4.23. The second kappa shape index (κ2) is 7.33. The Morgan fingerprint density at radius 2 is 1.96 bits per heavy atom. The maximum atomic E-state index is 13.2. The van der Waals surface area contributed by atoms with Crippen molar-refractivity contribution in [3.05, 3.63) is 34.9 Å². The first-order valence-electron chi connectivity index (χ1n) is 8.19. The van der Waals surface area contributed by atoms with E-state index in [4.69, 9.17) is 16.3 Å². The summed E-state index contributed by atoms with van der Waals surface area (Å²) < 4.78 is 32.1. The van der Waals surface area contributed by atoms with Gasteiger partial charge >= 0.3 is 0 Å². The van der Waals surface area contributed by atoms with Crippen LogP contribution in [0.15, 0.2) is 24.3 Å². The van der Waals surface area contributed by atoms with E-state index >= 15 is 0 Å². The number of amides is 1. The zero-order valence-electron chi connectivity index (χ0n) is 13.4. The van der Waals surface area contributed by atoms with Crippen LogP contribution in [0.2, 0.25) is 5.02 Å². The van der Waals surface area contributed by atoms with Crippen molar-refractivity contribution in [1.82, 2.24) is 9.80 Å². The van der Waals surface area contributed by atoms with E-state index < -0.39 is 12.0 Å². The zero-order valence-corrected chi connectivity index (χ0v) is 14.1. The Hall–Kier alpha value is -1.24. The van der Waals surface area contributed by atoms with E-state index in [1.165, 1.54) is 4.90 Å². The molecule has 7 heteroatoms. The van der Waals surface area contributed by atoms with E-state index in [1.807, 2.05) is 24.3 Å². The molecule has 2 aliphatic heterocycles. The van der Waals surface area contributed by atoms with E-state index in [0.717, 1.165) is 5.56 Å². The van der Waals surface area contributed by atoms with Crippen LogP contribution in [0.1, 0.15) is 18.4 Å². The molecule has 0 spiro atoms. The molecule has 132 valence electrons. The van der Waals surface area contributed by atoms with E-state index in [-0.39, 0.29) is 31.8 Å². The summed E-state index contributed by atoms with van der Waals surface area (Å²) in [6.45, 7) is 2.45. The van der Waals surface area contributed by atoms with Gasteiger partial charge in [0.05, 0.1) is 6.61 Å². The second-order valence-corrected chi connectivity index (χ2v) is 6.77. The third-order valence-corrected chi connectivity index (χ3v) is 4.95. The Labute approximate surface area is 145 Å². The minimum atomic E-state index is -2.65. The van der Waals surface area contributed by atoms with Crippen molar-refractivity contribution in [2.24, 2.45) is 0 Å². The Kier molecular flexibility index (Phi) is 5.37. The number of benzene rings is 1. The number of rotatable bonds is 3. The minimum absolute atomic E-state index is 0.0935. The quantitative estimate of drug-likeness (QED) is 0.833. The van der Waals surface area contributed by atoms with Crippen molar-refractivity contribution in [1.29, 1.82) is 0 Å². The van der Waals surface area contributed by atoms with Gasteiger partial charge in [-0.1, -0.05) is 29.8 Å². The lowest BCUT2D eigenvalue weighted by molar-refractivity contribution is -0.155. The molecule has 1 aromatic rings. The van der Waals surface area contributed by atoms with Crippen LogP contribution in [0.4, 0.5) is 8.78 Å². The summed E-state index contributed by atoms with van der Waals surface area (Å²) in [6.07, 6.45) is -1.13. The topological polar surface area (TPSA) is 32.8 Å². The van der Waals surface area contributed by atoms with E-state index in [2.05, 4.69) is 4.90 Å². The van der Waals surface area contributed by atoms with Crippen LogP contribution in [-0.2, 0) is 16.1 Å². The fourth-order valence-corrected chi connectivity index (χ4v) is 3.32. The highest BCUT2D eigenvalue weighted by Crippen LogP contribution is 2.28. The summed E-state index contributed by atoms with van der Waals surface area (Å²) in [4.78, 5) is 16.2. The van der Waals surface area contributed by atoms with Gasteiger partial charge in [-0.3, -0.25) is 9.69 Å². The monoisotopic (exact) mass is 358 g/mol. The van der Waals surface area contributed by atoms with Crippen LogP contribution >= 0.6 is 11.6 Å². The molecule has 2 saturated heterocycles. The molecule has 0 saturated carbocycles. The van der Waals surface area contributed by atoms with E-state index in [0.29, 0.717) is 31.3 Å². The van der Waals surface area contributed by atoms with Crippen LogP contribution in [0.25, 0.3) is 0 Å². The van der Waals surface area contributed by atoms with Gasteiger partial charge in [-0.15, -0.1) is 0 Å². The molecule has 1 unspecified atom stereocenters. The third-order valence-electron chi connectivity index (χ3n) is 4.58. The number of likely N-dealkylation sites (tertiary alicyclic amines) is 1. The van der Waals surface area contributed by atoms with Gasteiger partial charge in [-0.25, -0.2) is 8.78 Å². The Morgan fingerprint density at radius 3 is 2.67 bits per heavy atom. The smallest absolute Gasteiger partial charge is 0.253 e. The van der Waals surface area contributed by atoms with Gasteiger partial charge in [0.15, 0.2) is 0 Å². The van der Waals surface area contributed by atoms with Gasteiger partial charge < -0.3 is 9.64 Å². The lowest BCUT2D eigenvalue weighted by Crippen LogP contribution is -2.53. The summed E-state index contributed by atoms with van der Waals surface area (Å²) in [6, 6.07) is 7.61. The lowest BCUT2D eigenvalue weighted by atomic mass is 10.1. The molecule has 2 fully saturated rings. The van der Waals surface area contributed by atoms with Crippen molar-refractivity contribution in [3.63, 3.8) is 0 Å². The molecule has 1 aromatic carbocycles. The number of carbonyl (C=O) groups excluding carboxylic acids is 1. The number of piperidine rings is 1. The van der Waals surface area contributed by atoms with Crippen molar-refractivity contribution >= 4 is 17.5 Å². The molecule has 24 heavy (non-hydrogen) atoms. The van der Waals surface area contributed by atoms with Gasteiger partial charge in [0.1, 0.15) is 6.10 Å². The molecule has 0 radical (unpaired) electrons.